The van der Waals surface area contributed by atoms with Crippen LogP contribution in [0.1, 0.15) is 27.2 Å². The first-order valence-electron chi connectivity index (χ1n) is 4.77. The standard InChI is InChI=1S/C9H21N3O/c1-5-12(8(2)3)11(4)9(13)6-7-10/h8H,5-7,10H2,1-4H3. The molecule has 0 heterocycles. The topological polar surface area (TPSA) is 49.6 Å². The summed E-state index contributed by atoms with van der Waals surface area (Å²) in [6.45, 7) is 7.42. The van der Waals surface area contributed by atoms with E-state index in [2.05, 4.69) is 13.8 Å². The van der Waals surface area contributed by atoms with Gasteiger partial charge in [0.15, 0.2) is 0 Å². The molecule has 0 aliphatic carbocycles. The summed E-state index contributed by atoms with van der Waals surface area (Å²) in [5.41, 5.74) is 5.32. The van der Waals surface area contributed by atoms with E-state index in [1.807, 2.05) is 11.9 Å². The van der Waals surface area contributed by atoms with Gasteiger partial charge in [0.2, 0.25) is 5.91 Å². The minimum absolute atomic E-state index is 0.0815. The van der Waals surface area contributed by atoms with E-state index in [4.69, 9.17) is 5.73 Å². The van der Waals surface area contributed by atoms with Gasteiger partial charge in [-0.2, -0.15) is 0 Å². The Hall–Kier alpha value is -0.610. The van der Waals surface area contributed by atoms with Gasteiger partial charge in [0, 0.05) is 32.6 Å². The van der Waals surface area contributed by atoms with Gasteiger partial charge in [-0.15, -0.1) is 0 Å². The quantitative estimate of drug-likeness (QED) is 0.635. The number of rotatable bonds is 5. The van der Waals surface area contributed by atoms with Gasteiger partial charge in [-0.05, 0) is 13.8 Å². The lowest BCUT2D eigenvalue weighted by molar-refractivity contribution is -0.148. The molecule has 0 aromatic rings. The van der Waals surface area contributed by atoms with Gasteiger partial charge in [0.25, 0.3) is 0 Å². The zero-order valence-electron chi connectivity index (χ0n) is 9.08. The van der Waals surface area contributed by atoms with Crippen LogP contribution in [0.3, 0.4) is 0 Å². The molecule has 0 spiro atoms. The molecule has 0 bridgehead atoms. The lowest BCUT2D eigenvalue weighted by atomic mass is 10.3. The number of carbonyl (C=O) groups excluding carboxylic acids is 1. The molecular formula is C9H21N3O. The molecule has 0 aromatic heterocycles. The van der Waals surface area contributed by atoms with Crippen molar-refractivity contribution in [3.63, 3.8) is 0 Å². The zero-order chi connectivity index (χ0) is 10.4. The summed E-state index contributed by atoms with van der Waals surface area (Å²) in [4.78, 5) is 11.5. The third-order valence-corrected chi connectivity index (χ3v) is 2.02. The minimum atomic E-state index is 0.0815. The first-order chi connectivity index (χ1) is 6.04. The third-order valence-electron chi connectivity index (χ3n) is 2.02. The first kappa shape index (κ1) is 12.4. The van der Waals surface area contributed by atoms with Gasteiger partial charge in [0.05, 0.1) is 0 Å². The number of hydrogen-bond donors (Lipinski definition) is 1. The lowest BCUT2D eigenvalue weighted by Crippen LogP contribution is -2.47. The number of nitrogens with two attached hydrogens (primary N) is 1. The molecular weight excluding hydrogens is 166 g/mol. The van der Waals surface area contributed by atoms with Gasteiger partial charge in [0.1, 0.15) is 0 Å². The van der Waals surface area contributed by atoms with E-state index < -0.39 is 0 Å². The van der Waals surface area contributed by atoms with E-state index in [0.717, 1.165) is 6.54 Å². The fourth-order valence-electron chi connectivity index (χ4n) is 1.35. The molecule has 0 saturated heterocycles. The molecule has 0 aliphatic rings. The lowest BCUT2D eigenvalue weighted by Gasteiger charge is -2.34. The van der Waals surface area contributed by atoms with Gasteiger partial charge in [-0.1, -0.05) is 6.92 Å². The highest BCUT2D eigenvalue weighted by Gasteiger charge is 2.17. The molecule has 0 unspecified atom stereocenters. The summed E-state index contributed by atoms with van der Waals surface area (Å²) in [6.07, 6.45) is 0.416. The summed E-state index contributed by atoms with van der Waals surface area (Å²) in [6, 6.07) is 0.344. The van der Waals surface area contributed by atoms with Crippen LogP contribution < -0.4 is 5.73 Å². The second-order valence-corrected chi connectivity index (χ2v) is 3.31. The van der Waals surface area contributed by atoms with E-state index >= 15 is 0 Å². The average Bonchev–Trinajstić information content (AvgIpc) is 2.05. The highest BCUT2D eigenvalue weighted by molar-refractivity contribution is 5.75. The number of hydrogen-bond acceptors (Lipinski definition) is 3. The molecule has 0 atom stereocenters. The Bertz CT molecular complexity index is 159. The second kappa shape index (κ2) is 5.94. The Kier molecular flexibility index (Phi) is 5.66. The Balaban J connectivity index is 4.19. The van der Waals surface area contributed by atoms with Crippen LogP contribution in [0.2, 0.25) is 0 Å². The Morgan fingerprint density at radius 3 is 2.31 bits per heavy atom. The number of amides is 1. The SMILES string of the molecule is CCN(C(C)C)N(C)C(=O)CCN. The molecule has 0 saturated carbocycles. The van der Waals surface area contributed by atoms with Crippen LogP contribution in [0.5, 0.6) is 0 Å². The molecule has 2 N–H and O–H groups in total. The maximum atomic E-state index is 11.5. The molecule has 1 amide bonds. The van der Waals surface area contributed by atoms with Gasteiger partial charge in [-0.3, -0.25) is 9.80 Å². The highest BCUT2D eigenvalue weighted by atomic mass is 16.2. The largest absolute Gasteiger partial charge is 0.330 e. The van der Waals surface area contributed by atoms with E-state index in [9.17, 15) is 4.79 Å². The van der Waals surface area contributed by atoms with Crippen LogP contribution in [-0.2, 0) is 4.79 Å². The van der Waals surface area contributed by atoms with Crippen LogP contribution >= 0.6 is 0 Å². The predicted octanol–water partition coefficient (Wildman–Crippen LogP) is 0.439. The fourth-order valence-corrected chi connectivity index (χ4v) is 1.35. The van der Waals surface area contributed by atoms with Crippen molar-refractivity contribution in [2.24, 2.45) is 5.73 Å². The van der Waals surface area contributed by atoms with Crippen LogP contribution in [0.25, 0.3) is 0 Å². The van der Waals surface area contributed by atoms with Crippen LogP contribution in [-0.4, -0.2) is 42.1 Å². The van der Waals surface area contributed by atoms with Crippen molar-refractivity contribution in [1.82, 2.24) is 10.0 Å². The molecule has 0 fully saturated rings. The summed E-state index contributed by atoms with van der Waals surface area (Å²) >= 11 is 0. The van der Waals surface area contributed by atoms with Crippen LogP contribution in [0.4, 0.5) is 0 Å². The molecule has 13 heavy (non-hydrogen) atoms. The third kappa shape index (κ3) is 3.74. The summed E-state index contributed by atoms with van der Waals surface area (Å²) in [7, 11) is 1.79. The second-order valence-electron chi connectivity index (χ2n) is 3.31. The van der Waals surface area contributed by atoms with E-state index in [-0.39, 0.29) is 5.91 Å². The van der Waals surface area contributed by atoms with Crippen molar-refractivity contribution in [2.45, 2.75) is 33.2 Å². The van der Waals surface area contributed by atoms with Crippen molar-refractivity contribution >= 4 is 5.91 Å². The number of nitrogens with zero attached hydrogens (tertiary/aromatic N) is 2. The molecule has 0 aromatic carbocycles. The smallest absolute Gasteiger partial charge is 0.237 e. The molecule has 78 valence electrons. The summed E-state index contributed by atoms with van der Waals surface area (Å²) < 4.78 is 0. The Morgan fingerprint density at radius 2 is 2.00 bits per heavy atom. The molecule has 4 nitrogen and oxygen atoms in total. The monoisotopic (exact) mass is 187 g/mol. The van der Waals surface area contributed by atoms with Gasteiger partial charge in [-0.25, -0.2) is 5.01 Å². The molecule has 0 radical (unpaired) electrons. The number of carbonyl (C=O) groups is 1. The zero-order valence-corrected chi connectivity index (χ0v) is 9.08. The first-order valence-corrected chi connectivity index (χ1v) is 4.77. The van der Waals surface area contributed by atoms with E-state index in [1.54, 1.807) is 12.1 Å². The molecule has 0 aliphatic heterocycles. The predicted molar refractivity (Wildman–Crippen MR) is 54.0 cm³/mol. The van der Waals surface area contributed by atoms with Crippen molar-refractivity contribution in [1.29, 1.82) is 0 Å². The van der Waals surface area contributed by atoms with Crippen molar-refractivity contribution in [3.8, 4) is 0 Å². The molecule has 0 rings (SSSR count). The van der Waals surface area contributed by atoms with Crippen molar-refractivity contribution in [2.75, 3.05) is 20.1 Å². The average molecular weight is 187 g/mol. The Morgan fingerprint density at radius 1 is 1.46 bits per heavy atom. The minimum Gasteiger partial charge on any atom is -0.330 e. The fraction of sp³-hybridized carbons (Fsp3) is 0.889. The van der Waals surface area contributed by atoms with Crippen molar-refractivity contribution in [3.05, 3.63) is 0 Å². The summed E-state index contributed by atoms with van der Waals surface area (Å²) in [5.74, 6) is 0.0815. The number of hydrazine groups is 1. The normalized spacial score (nSPS) is 11.0. The van der Waals surface area contributed by atoms with Crippen molar-refractivity contribution < 1.29 is 4.79 Å². The van der Waals surface area contributed by atoms with Gasteiger partial charge < -0.3 is 5.73 Å². The maximum absolute atomic E-state index is 11.5. The highest BCUT2D eigenvalue weighted by Crippen LogP contribution is 2.03. The van der Waals surface area contributed by atoms with Crippen LogP contribution in [0, 0.1) is 0 Å². The van der Waals surface area contributed by atoms with E-state index in [1.165, 1.54) is 0 Å². The van der Waals surface area contributed by atoms with E-state index in [0.29, 0.717) is 19.0 Å². The van der Waals surface area contributed by atoms with Gasteiger partial charge >= 0.3 is 0 Å². The maximum Gasteiger partial charge on any atom is 0.237 e. The molecule has 4 heteroatoms. The summed E-state index contributed by atoms with van der Waals surface area (Å²) in [5, 5.41) is 3.68. The van der Waals surface area contributed by atoms with Crippen LogP contribution in [0.15, 0.2) is 0 Å². The Labute approximate surface area is 80.7 Å².